The third-order valence-corrected chi connectivity index (χ3v) is 2.45. The Hall–Kier alpha value is -2.31. The van der Waals surface area contributed by atoms with E-state index in [-0.39, 0.29) is 13.2 Å². The van der Waals surface area contributed by atoms with E-state index in [1.807, 2.05) is 0 Å². The van der Waals surface area contributed by atoms with E-state index in [1.54, 1.807) is 0 Å². The van der Waals surface area contributed by atoms with Crippen LogP contribution in [0.3, 0.4) is 0 Å². The third-order valence-electron chi connectivity index (χ3n) is 2.45. The lowest BCUT2D eigenvalue weighted by molar-refractivity contribution is -0.158. The quantitative estimate of drug-likeness (QED) is 0.456. The van der Waals surface area contributed by atoms with Crippen molar-refractivity contribution in [3.8, 4) is 0 Å². The van der Waals surface area contributed by atoms with Gasteiger partial charge in [0.25, 0.3) is 0 Å². The Morgan fingerprint density at radius 1 is 0.952 bits per heavy atom. The van der Waals surface area contributed by atoms with Crippen LogP contribution in [0, 0.1) is 17.6 Å². The molecule has 0 aliphatic heterocycles. The van der Waals surface area contributed by atoms with Crippen LogP contribution in [0.2, 0.25) is 0 Å². The molecular formula is C14H14F2O5. The highest BCUT2D eigenvalue weighted by atomic mass is 19.1. The maximum Gasteiger partial charge on any atom is 0.328 e. The lowest BCUT2D eigenvalue weighted by Crippen LogP contribution is -2.35. The zero-order valence-electron chi connectivity index (χ0n) is 11.5. The summed E-state index contributed by atoms with van der Waals surface area (Å²) in [6.45, 7) is 2.87. The van der Waals surface area contributed by atoms with Crippen LogP contribution in [0.4, 0.5) is 8.78 Å². The summed E-state index contributed by atoms with van der Waals surface area (Å²) in [7, 11) is 0. The molecule has 0 amide bonds. The van der Waals surface area contributed by atoms with E-state index in [2.05, 4.69) is 9.47 Å². The molecule has 1 aromatic carbocycles. The Labute approximate surface area is 119 Å². The van der Waals surface area contributed by atoms with E-state index in [4.69, 9.17) is 0 Å². The summed E-state index contributed by atoms with van der Waals surface area (Å²) in [5.41, 5.74) is -0.446. The number of Topliss-reactive ketones (excluding diaryl/α,β-unsaturated/α-hetero) is 1. The normalized spacial score (nSPS) is 10.3. The van der Waals surface area contributed by atoms with Crippen LogP contribution in [0.15, 0.2) is 18.2 Å². The van der Waals surface area contributed by atoms with E-state index in [1.165, 1.54) is 13.8 Å². The number of hydrogen-bond donors (Lipinski definition) is 0. The molecule has 1 rings (SSSR count). The number of ketones is 1. The summed E-state index contributed by atoms with van der Waals surface area (Å²) in [5.74, 6) is -7.21. The molecule has 0 saturated heterocycles. The summed E-state index contributed by atoms with van der Waals surface area (Å²) in [4.78, 5) is 35.6. The fraction of sp³-hybridized carbons (Fsp3) is 0.357. The number of rotatable bonds is 6. The summed E-state index contributed by atoms with van der Waals surface area (Å²) < 4.78 is 35.5. The molecule has 0 saturated carbocycles. The summed E-state index contributed by atoms with van der Waals surface area (Å²) in [5, 5.41) is 0. The highest BCUT2D eigenvalue weighted by Crippen LogP contribution is 2.16. The highest BCUT2D eigenvalue weighted by molar-refractivity contribution is 6.20. The van der Waals surface area contributed by atoms with E-state index >= 15 is 0 Å². The van der Waals surface area contributed by atoms with Gasteiger partial charge in [0.1, 0.15) is 11.6 Å². The van der Waals surface area contributed by atoms with Crippen molar-refractivity contribution in [2.24, 2.45) is 5.92 Å². The molecule has 0 spiro atoms. The topological polar surface area (TPSA) is 69.7 Å². The first-order valence-corrected chi connectivity index (χ1v) is 6.24. The lowest BCUT2D eigenvalue weighted by Gasteiger charge is -2.13. The van der Waals surface area contributed by atoms with Gasteiger partial charge in [0.15, 0.2) is 5.78 Å². The maximum absolute atomic E-state index is 13.1. The number of esters is 2. The van der Waals surface area contributed by atoms with E-state index in [0.717, 1.165) is 12.1 Å². The summed E-state index contributed by atoms with van der Waals surface area (Å²) in [6, 6.07) is 2.04. The van der Waals surface area contributed by atoms with Crippen LogP contribution >= 0.6 is 0 Å². The molecule has 0 aromatic heterocycles. The molecule has 7 heteroatoms. The molecule has 0 bridgehead atoms. The van der Waals surface area contributed by atoms with Crippen LogP contribution < -0.4 is 0 Å². The standard InChI is InChI=1S/C14H14F2O5/c1-3-20-13(18)11(14(19)21-4-2)12(17)8-5-9(15)7-10(16)6-8/h5-7,11H,3-4H2,1-2H3. The first-order chi connectivity index (χ1) is 9.90. The highest BCUT2D eigenvalue weighted by Gasteiger charge is 2.37. The number of hydrogen-bond acceptors (Lipinski definition) is 5. The molecule has 0 heterocycles. The van der Waals surface area contributed by atoms with E-state index in [9.17, 15) is 23.2 Å². The second kappa shape index (κ2) is 7.47. The van der Waals surface area contributed by atoms with Crippen molar-refractivity contribution < 1.29 is 32.6 Å². The van der Waals surface area contributed by atoms with Gasteiger partial charge in [-0.1, -0.05) is 0 Å². The Bertz CT molecular complexity index is 518. The number of halogens is 2. The predicted octanol–water partition coefficient (Wildman–Crippen LogP) is 1.89. The van der Waals surface area contributed by atoms with Crippen LogP contribution in [0.5, 0.6) is 0 Å². The first kappa shape index (κ1) is 16.7. The van der Waals surface area contributed by atoms with Crippen LogP contribution in [-0.4, -0.2) is 30.9 Å². The van der Waals surface area contributed by atoms with Gasteiger partial charge in [0.05, 0.1) is 13.2 Å². The molecule has 0 N–H and O–H groups in total. The van der Waals surface area contributed by atoms with E-state index in [0.29, 0.717) is 6.07 Å². The van der Waals surface area contributed by atoms with E-state index < -0.39 is 40.8 Å². The maximum atomic E-state index is 13.1. The smallest absolute Gasteiger partial charge is 0.328 e. The van der Waals surface area contributed by atoms with Crippen LogP contribution in [-0.2, 0) is 19.1 Å². The van der Waals surface area contributed by atoms with Gasteiger partial charge in [-0.3, -0.25) is 14.4 Å². The number of carbonyl (C=O) groups is 3. The van der Waals surface area contributed by atoms with Crippen LogP contribution in [0.25, 0.3) is 0 Å². The fourth-order valence-electron chi connectivity index (χ4n) is 1.62. The van der Waals surface area contributed by atoms with Gasteiger partial charge in [-0.2, -0.15) is 0 Å². The number of benzene rings is 1. The van der Waals surface area contributed by atoms with Crippen molar-refractivity contribution in [2.45, 2.75) is 13.8 Å². The monoisotopic (exact) mass is 300 g/mol. The van der Waals surface area contributed by atoms with Crippen molar-refractivity contribution in [1.82, 2.24) is 0 Å². The minimum Gasteiger partial charge on any atom is -0.465 e. The summed E-state index contributed by atoms with van der Waals surface area (Å²) >= 11 is 0. The molecule has 0 aliphatic rings. The van der Waals surface area contributed by atoms with Gasteiger partial charge in [-0.15, -0.1) is 0 Å². The molecule has 0 radical (unpaired) electrons. The van der Waals surface area contributed by atoms with Gasteiger partial charge >= 0.3 is 11.9 Å². The van der Waals surface area contributed by atoms with Crippen molar-refractivity contribution in [3.63, 3.8) is 0 Å². The van der Waals surface area contributed by atoms with Gasteiger partial charge in [0, 0.05) is 11.6 Å². The molecule has 114 valence electrons. The van der Waals surface area contributed by atoms with Crippen LogP contribution in [0.1, 0.15) is 24.2 Å². The van der Waals surface area contributed by atoms with Gasteiger partial charge in [-0.25, -0.2) is 8.78 Å². The SMILES string of the molecule is CCOC(=O)C(C(=O)OCC)C(=O)c1cc(F)cc(F)c1. The van der Waals surface area contributed by atoms with Gasteiger partial charge < -0.3 is 9.47 Å². The van der Waals surface area contributed by atoms with Crippen molar-refractivity contribution in [2.75, 3.05) is 13.2 Å². The molecular weight excluding hydrogens is 286 g/mol. The molecule has 1 aromatic rings. The first-order valence-electron chi connectivity index (χ1n) is 6.24. The second-order valence-corrected chi connectivity index (χ2v) is 3.96. The zero-order chi connectivity index (χ0) is 16.0. The Balaban J connectivity index is 3.15. The minimum atomic E-state index is -1.90. The lowest BCUT2D eigenvalue weighted by atomic mass is 9.97. The fourth-order valence-corrected chi connectivity index (χ4v) is 1.62. The number of ether oxygens (including phenoxy) is 2. The zero-order valence-corrected chi connectivity index (χ0v) is 11.5. The average Bonchev–Trinajstić information content (AvgIpc) is 2.38. The molecule has 0 unspecified atom stereocenters. The average molecular weight is 300 g/mol. The predicted molar refractivity (Wildman–Crippen MR) is 67.4 cm³/mol. The molecule has 21 heavy (non-hydrogen) atoms. The minimum absolute atomic E-state index is 0.0560. The number of carbonyl (C=O) groups excluding carboxylic acids is 3. The Morgan fingerprint density at radius 2 is 1.38 bits per heavy atom. The largest absolute Gasteiger partial charge is 0.465 e. The second-order valence-electron chi connectivity index (χ2n) is 3.96. The molecule has 0 atom stereocenters. The van der Waals surface area contributed by atoms with Crippen molar-refractivity contribution in [3.05, 3.63) is 35.4 Å². The summed E-state index contributed by atoms with van der Waals surface area (Å²) in [6.07, 6.45) is 0. The molecule has 5 nitrogen and oxygen atoms in total. The van der Waals surface area contributed by atoms with Gasteiger partial charge in [-0.05, 0) is 26.0 Å². The Kier molecular flexibility index (Phi) is 5.95. The Morgan fingerprint density at radius 3 is 1.76 bits per heavy atom. The molecule has 0 aliphatic carbocycles. The molecule has 0 fully saturated rings. The van der Waals surface area contributed by atoms with Gasteiger partial charge in [0.2, 0.25) is 5.92 Å². The third kappa shape index (κ3) is 4.34. The van der Waals surface area contributed by atoms with Crippen molar-refractivity contribution in [1.29, 1.82) is 0 Å². The van der Waals surface area contributed by atoms with Crippen molar-refractivity contribution >= 4 is 17.7 Å².